The molecule has 0 saturated heterocycles. The highest BCUT2D eigenvalue weighted by molar-refractivity contribution is 9.10. The van der Waals surface area contributed by atoms with Crippen LogP contribution in [0, 0.1) is 0 Å². The fourth-order valence-corrected chi connectivity index (χ4v) is 3.27. The summed E-state index contributed by atoms with van der Waals surface area (Å²) in [5, 5.41) is 14.8. The predicted octanol–water partition coefficient (Wildman–Crippen LogP) is 4.61. The zero-order valence-corrected chi connectivity index (χ0v) is 15.2. The zero-order valence-electron chi connectivity index (χ0n) is 12.7. The van der Waals surface area contributed by atoms with E-state index in [-0.39, 0.29) is 11.9 Å². The van der Waals surface area contributed by atoms with Gasteiger partial charge >= 0.3 is 0 Å². The molecule has 1 aliphatic rings. The molecule has 1 aliphatic heterocycles. The summed E-state index contributed by atoms with van der Waals surface area (Å²) in [4.78, 5) is 2.12. The molecule has 120 valence electrons. The zero-order chi connectivity index (χ0) is 16.4. The Kier molecular flexibility index (Phi) is 4.82. The molecule has 1 atom stereocenters. The minimum atomic E-state index is 0.0131. The number of hydrazone groups is 1. The van der Waals surface area contributed by atoms with Gasteiger partial charge in [-0.15, -0.1) is 5.10 Å². The van der Waals surface area contributed by atoms with Gasteiger partial charge in [-0.1, -0.05) is 41.4 Å². The van der Waals surface area contributed by atoms with Gasteiger partial charge in [-0.2, -0.15) is 0 Å². The molecular weight excluding hydrogens is 374 g/mol. The van der Waals surface area contributed by atoms with Crippen molar-refractivity contribution in [2.75, 3.05) is 4.90 Å². The summed E-state index contributed by atoms with van der Waals surface area (Å²) >= 11 is 7.98. The second-order valence-corrected chi connectivity index (χ2v) is 6.70. The van der Waals surface area contributed by atoms with Gasteiger partial charge in [0.25, 0.3) is 0 Å². The Balaban J connectivity index is 2.07. The van der Waals surface area contributed by atoms with Crippen LogP contribution in [0.15, 0.2) is 58.1 Å². The van der Waals surface area contributed by atoms with E-state index >= 15 is 0 Å². The number of nitrogens with zero attached hydrogens (tertiary/aromatic N) is 3. The van der Waals surface area contributed by atoms with Crippen LogP contribution in [0.1, 0.15) is 25.3 Å². The number of rotatable bonds is 4. The number of phenolic OH excluding ortho intramolecular Hbond substituents is 1. The standard InChI is InChI=1S/C17H18BrN3OS/c1-2-5-16-20(13-10-8-12(18)9-11-13)17(19-21(16)23)14-6-3-4-7-15(14)22/h3-4,6-11,16,22-23H,2,5H2,1H3. The summed E-state index contributed by atoms with van der Waals surface area (Å²) in [6, 6.07) is 15.3. The normalized spacial score (nSPS) is 17.5. The van der Waals surface area contributed by atoms with E-state index in [0.29, 0.717) is 11.4 Å². The number of aromatic hydroxyl groups is 1. The molecule has 0 saturated carbocycles. The maximum atomic E-state index is 10.2. The molecule has 4 nitrogen and oxygen atoms in total. The third-order valence-electron chi connectivity index (χ3n) is 3.79. The second kappa shape index (κ2) is 6.84. The van der Waals surface area contributed by atoms with Crippen LogP contribution < -0.4 is 4.90 Å². The van der Waals surface area contributed by atoms with Gasteiger partial charge < -0.3 is 10.0 Å². The predicted molar refractivity (Wildman–Crippen MR) is 101 cm³/mol. The monoisotopic (exact) mass is 391 g/mol. The quantitative estimate of drug-likeness (QED) is 0.747. The van der Waals surface area contributed by atoms with Crippen LogP contribution in [-0.2, 0) is 0 Å². The molecule has 0 bridgehead atoms. The van der Waals surface area contributed by atoms with Crippen molar-refractivity contribution >= 4 is 40.3 Å². The molecule has 0 radical (unpaired) electrons. The Hall–Kier alpha value is -1.66. The van der Waals surface area contributed by atoms with E-state index in [4.69, 9.17) is 0 Å². The van der Waals surface area contributed by atoms with Gasteiger partial charge in [0.1, 0.15) is 11.9 Å². The SMILES string of the molecule is CCCC1N(S)N=C(c2ccccc2O)N1c1ccc(Br)cc1. The molecule has 1 heterocycles. The van der Waals surface area contributed by atoms with Crippen LogP contribution >= 0.6 is 28.7 Å². The number of thiol groups is 1. The lowest BCUT2D eigenvalue weighted by atomic mass is 10.1. The molecule has 1 N–H and O–H groups in total. The summed E-state index contributed by atoms with van der Waals surface area (Å²) in [6.45, 7) is 2.14. The van der Waals surface area contributed by atoms with Gasteiger partial charge in [0.05, 0.1) is 5.56 Å². The molecule has 6 heteroatoms. The van der Waals surface area contributed by atoms with Crippen molar-refractivity contribution in [1.82, 2.24) is 4.41 Å². The number of anilines is 1. The number of benzene rings is 2. The summed E-state index contributed by atoms with van der Waals surface area (Å²) in [7, 11) is 0. The van der Waals surface area contributed by atoms with Crippen LogP contribution in [0.3, 0.4) is 0 Å². The van der Waals surface area contributed by atoms with Crippen LogP contribution in [0.2, 0.25) is 0 Å². The summed E-state index contributed by atoms with van der Waals surface area (Å²) in [5.74, 6) is 0.922. The molecule has 3 rings (SSSR count). The molecule has 0 aliphatic carbocycles. The van der Waals surface area contributed by atoms with Gasteiger partial charge in [-0.3, -0.25) is 0 Å². The van der Waals surface area contributed by atoms with Crippen LogP contribution in [-0.4, -0.2) is 21.5 Å². The first kappa shape index (κ1) is 16.2. The maximum Gasteiger partial charge on any atom is 0.167 e. The fraction of sp³-hybridized carbons (Fsp3) is 0.235. The third-order valence-corrected chi connectivity index (χ3v) is 4.67. The molecule has 0 fully saturated rings. The summed E-state index contributed by atoms with van der Waals surface area (Å²) in [6.07, 6.45) is 1.94. The maximum absolute atomic E-state index is 10.2. The van der Waals surface area contributed by atoms with Gasteiger partial charge in [0.2, 0.25) is 0 Å². The lowest BCUT2D eigenvalue weighted by Gasteiger charge is -2.29. The average Bonchev–Trinajstić information content (AvgIpc) is 2.86. The first-order valence-corrected chi connectivity index (χ1v) is 8.71. The Morgan fingerprint density at radius 2 is 1.87 bits per heavy atom. The van der Waals surface area contributed by atoms with Gasteiger partial charge in [0, 0.05) is 10.2 Å². The number of para-hydroxylation sites is 1. The van der Waals surface area contributed by atoms with E-state index in [0.717, 1.165) is 23.0 Å². The largest absolute Gasteiger partial charge is 0.507 e. The highest BCUT2D eigenvalue weighted by atomic mass is 79.9. The second-order valence-electron chi connectivity index (χ2n) is 5.38. The van der Waals surface area contributed by atoms with Crippen LogP contribution in [0.25, 0.3) is 0 Å². The molecular formula is C17H18BrN3OS. The van der Waals surface area contributed by atoms with Crippen molar-refractivity contribution in [1.29, 1.82) is 0 Å². The number of hydrogen-bond donors (Lipinski definition) is 2. The lowest BCUT2D eigenvalue weighted by Crippen LogP contribution is -2.40. The Morgan fingerprint density at radius 1 is 1.17 bits per heavy atom. The van der Waals surface area contributed by atoms with E-state index in [1.54, 1.807) is 16.5 Å². The molecule has 0 amide bonds. The van der Waals surface area contributed by atoms with Gasteiger partial charge in [0.15, 0.2) is 5.84 Å². The topological polar surface area (TPSA) is 39.1 Å². The molecule has 0 aromatic heterocycles. The molecule has 0 spiro atoms. The lowest BCUT2D eigenvalue weighted by molar-refractivity contribution is 0.386. The highest BCUT2D eigenvalue weighted by Gasteiger charge is 2.34. The minimum absolute atomic E-state index is 0.0131. The van der Waals surface area contributed by atoms with Crippen LogP contribution in [0.5, 0.6) is 5.75 Å². The minimum Gasteiger partial charge on any atom is -0.507 e. The van der Waals surface area contributed by atoms with Crippen LogP contribution in [0.4, 0.5) is 5.69 Å². The number of phenols is 1. The van der Waals surface area contributed by atoms with Crippen molar-refractivity contribution in [2.45, 2.75) is 25.9 Å². The van der Waals surface area contributed by atoms with Crippen molar-refractivity contribution in [3.05, 3.63) is 58.6 Å². The molecule has 1 unspecified atom stereocenters. The van der Waals surface area contributed by atoms with Crippen molar-refractivity contribution in [2.24, 2.45) is 5.10 Å². The van der Waals surface area contributed by atoms with E-state index in [1.807, 2.05) is 36.4 Å². The van der Waals surface area contributed by atoms with E-state index in [1.165, 1.54) is 0 Å². The summed E-state index contributed by atoms with van der Waals surface area (Å²) in [5.41, 5.74) is 1.72. The highest BCUT2D eigenvalue weighted by Crippen LogP contribution is 2.33. The number of amidine groups is 1. The smallest absolute Gasteiger partial charge is 0.167 e. The Bertz CT molecular complexity index is 720. The summed E-state index contributed by atoms with van der Waals surface area (Å²) < 4.78 is 2.70. The molecule has 23 heavy (non-hydrogen) atoms. The van der Waals surface area contributed by atoms with E-state index < -0.39 is 0 Å². The number of halogens is 1. The van der Waals surface area contributed by atoms with Gasteiger partial charge in [-0.25, -0.2) is 4.41 Å². The number of hydrogen-bond acceptors (Lipinski definition) is 5. The Morgan fingerprint density at radius 3 is 2.52 bits per heavy atom. The third kappa shape index (κ3) is 3.19. The van der Waals surface area contributed by atoms with Crippen molar-refractivity contribution in [3.8, 4) is 5.75 Å². The molecule has 2 aromatic carbocycles. The van der Waals surface area contributed by atoms with Crippen molar-refractivity contribution in [3.63, 3.8) is 0 Å². The van der Waals surface area contributed by atoms with Crippen molar-refractivity contribution < 1.29 is 5.11 Å². The first-order chi connectivity index (χ1) is 11.1. The first-order valence-electron chi connectivity index (χ1n) is 7.51. The van der Waals surface area contributed by atoms with E-state index in [2.05, 4.69) is 45.7 Å². The van der Waals surface area contributed by atoms with E-state index in [9.17, 15) is 5.11 Å². The Labute approximate surface area is 150 Å². The fourth-order valence-electron chi connectivity index (χ4n) is 2.70. The molecule has 2 aromatic rings. The average molecular weight is 392 g/mol. The van der Waals surface area contributed by atoms with Gasteiger partial charge in [-0.05, 0) is 55.6 Å².